The monoisotopic (exact) mass is 421 g/mol. The summed E-state index contributed by atoms with van der Waals surface area (Å²) in [4.78, 5) is 4.94. The fourth-order valence-electron chi connectivity index (χ4n) is 5.26. The number of benzene rings is 1. The number of allylic oxidation sites excluding steroid dienone is 4. The Morgan fingerprint density at radius 1 is 1.16 bits per heavy atom. The van der Waals surface area contributed by atoms with Crippen molar-refractivity contribution in [2.75, 3.05) is 43.4 Å². The first-order chi connectivity index (χ1) is 15.0. The van der Waals surface area contributed by atoms with E-state index in [2.05, 4.69) is 78.0 Å². The third kappa shape index (κ3) is 5.96. The van der Waals surface area contributed by atoms with Crippen molar-refractivity contribution in [2.45, 2.75) is 52.9 Å². The summed E-state index contributed by atoms with van der Waals surface area (Å²) < 4.78 is 0. The van der Waals surface area contributed by atoms with Gasteiger partial charge in [0.1, 0.15) is 0 Å². The zero-order valence-corrected chi connectivity index (χ0v) is 20.2. The Morgan fingerprint density at radius 2 is 1.81 bits per heavy atom. The van der Waals surface area contributed by atoms with Gasteiger partial charge >= 0.3 is 0 Å². The summed E-state index contributed by atoms with van der Waals surface area (Å²) in [7, 11) is 1.96. The van der Waals surface area contributed by atoms with Gasteiger partial charge < -0.3 is 15.1 Å². The van der Waals surface area contributed by atoms with E-state index in [0.717, 1.165) is 11.8 Å². The average molecular weight is 422 g/mol. The van der Waals surface area contributed by atoms with Crippen LogP contribution >= 0.6 is 0 Å². The predicted molar refractivity (Wildman–Crippen MR) is 137 cm³/mol. The number of nitrogens with zero attached hydrogens (tertiary/aromatic N) is 2. The summed E-state index contributed by atoms with van der Waals surface area (Å²) in [6.07, 6.45) is 15.2. The molecule has 1 aromatic carbocycles. The molecule has 170 valence electrons. The van der Waals surface area contributed by atoms with Gasteiger partial charge in [-0.15, -0.1) is 0 Å². The number of likely N-dealkylation sites (tertiary alicyclic amines) is 1. The first-order valence-electron chi connectivity index (χ1n) is 12.3. The van der Waals surface area contributed by atoms with Crippen LogP contribution in [0.15, 0.2) is 60.8 Å². The molecule has 0 radical (unpaired) electrons. The minimum Gasteiger partial charge on any atom is -0.388 e. The van der Waals surface area contributed by atoms with Gasteiger partial charge in [-0.25, -0.2) is 0 Å². The third-order valence-electron chi connectivity index (χ3n) is 7.41. The molecule has 2 saturated heterocycles. The molecule has 1 spiro atoms. The molecular weight excluding hydrogens is 378 g/mol. The van der Waals surface area contributed by atoms with Crippen molar-refractivity contribution in [3.05, 3.63) is 60.8 Å². The van der Waals surface area contributed by atoms with Gasteiger partial charge in [-0.1, -0.05) is 39.0 Å². The summed E-state index contributed by atoms with van der Waals surface area (Å²) in [5.41, 5.74) is 4.51. The molecule has 0 atom stereocenters. The highest BCUT2D eigenvalue weighted by atomic mass is 15.2. The number of nitrogens with one attached hydrogen (secondary N) is 1. The van der Waals surface area contributed by atoms with E-state index in [4.69, 9.17) is 0 Å². The highest BCUT2D eigenvalue weighted by molar-refractivity contribution is 5.55. The van der Waals surface area contributed by atoms with Crippen molar-refractivity contribution in [3.63, 3.8) is 0 Å². The molecule has 0 amide bonds. The molecule has 4 rings (SSSR count). The number of hydrogen-bond donors (Lipinski definition) is 1. The van der Waals surface area contributed by atoms with Crippen LogP contribution in [-0.4, -0.2) is 38.1 Å². The molecule has 0 unspecified atom stereocenters. The van der Waals surface area contributed by atoms with Crippen LogP contribution in [0.1, 0.15) is 52.9 Å². The minimum atomic E-state index is 0.679. The van der Waals surface area contributed by atoms with Crippen LogP contribution in [0.4, 0.5) is 11.4 Å². The molecule has 3 nitrogen and oxygen atoms in total. The second-order valence-electron chi connectivity index (χ2n) is 9.83. The Labute approximate surface area is 190 Å². The SMILES string of the molecule is C=C/C(=C\C=C/C)N1CC2(CC(CC)C2)C1.CNc1ccc(N2CCC(C)CC2)cc1. The quantitative estimate of drug-likeness (QED) is 0.514. The van der Waals surface area contributed by atoms with E-state index in [1.165, 1.54) is 75.4 Å². The Balaban J connectivity index is 0.000000176. The first-order valence-corrected chi connectivity index (χ1v) is 12.3. The van der Waals surface area contributed by atoms with Crippen molar-refractivity contribution in [1.29, 1.82) is 0 Å². The lowest BCUT2D eigenvalue weighted by Crippen LogP contribution is -2.61. The molecule has 3 aliphatic rings. The fourth-order valence-corrected chi connectivity index (χ4v) is 5.26. The maximum Gasteiger partial charge on any atom is 0.0367 e. The Morgan fingerprint density at radius 3 is 2.32 bits per heavy atom. The van der Waals surface area contributed by atoms with Crippen molar-refractivity contribution in [3.8, 4) is 0 Å². The average Bonchev–Trinajstić information content (AvgIpc) is 2.75. The topological polar surface area (TPSA) is 18.5 Å². The van der Waals surface area contributed by atoms with Gasteiger partial charge in [-0.05, 0) is 80.9 Å². The smallest absolute Gasteiger partial charge is 0.0367 e. The van der Waals surface area contributed by atoms with Crippen LogP contribution in [-0.2, 0) is 0 Å². The number of hydrogen-bond acceptors (Lipinski definition) is 3. The van der Waals surface area contributed by atoms with Crippen molar-refractivity contribution in [1.82, 2.24) is 4.90 Å². The molecule has 31 heavy (non-hydrogen) atoms. The predicted octanol–water partition coefficient (Wildman–Crippen LogP) is 6.72. The third-order valence-corrected chi connectivity index (χ3v) is 7.41. The van der Waals surface area contributed by atoms with E-state index < -0.39 is 0 Å². The van der Waals surface area contributed by atoms with Gasteiger partial charge in [0.05, 0.1) is 0 Å². The highest BCUT2D eigenvalue weighted by Crippen LogP contribution is 2.53. The number of piperidine rings is 1. The van der Waals surface area contributed by atoms with Gasteiger partial charge in [-0.2, -0.15) is 0 Å². The fraction of sp³-hybridized carbons (Fsp3) is 0.571. The highest BCUT2D eigenvalue weighted by Gasteiger charge is 2.51. The normalized spacial score (nSPS) is 21.4. The zero-order chi connectivity index (χ0) is 22.3. The summed E-state index contributed by atoms with van der Waals surface area (Å²) in [6.45, 7) is 15.5. The van der Waals surface area contributed by atoms with Crippen LogP contribution in [0.2, 0.25) is 0 Å². The maximum atomic E-state index is 3.90. The van der Waals surface area contributed by atoms with Crippen LogP contribution in [0.5, 0.6) is 0 Å². The van der Waals surface area contributed by atoms with E-state index in [-0.39, 0.29) is 0 Å². The molecular formula is C28H43N3. The molecule has 1 aliphatic carbocycles. The lowest BCUT2D eigenvalue weighted by atomic mass is 9.57. The van der Waals surface area contributed by atoms with E-state index in [1.807, 2.05) is 20.0 Å². The van der Waals surface area contributed by atoms with Gasteiger partial charge in [0.15, 0.2) is 0 Å². The molecule has 1 N–H and O–H groups in total. The second kappa shape index (κ2) is 10.9. The number of anilines is 2. The molecule has 0 bridgehead atoms. The zero-order valence-electron chi connectivity index (χ0n) is 20.2. The molecule has 3 fully saturated rings. The van der Waals surface area contributed by atoms with Gasteiger partial charge in [-0.3, -0.25) is 0 Å². The van der Waals surface area contributed by atoms with E-state index >= 15 is 0 Å². The van der Waals surface area contributed by atoms with E-state index in [1.54, 1.807) is 0 Å². The van der Waals surface area contributed by atoms with Gasteiger partial charge in [0, 0.05) is 55.7 Å². The molecule has 1 aromatic rings. The Bertz CT molecular complexity index is 739. The summed E-state index contributed by atoms with van der Waals surface area (Å²) in [6, 6.07) is 8.71. The van der Waals surface area contributed by atoms with Gasteiger partial charge in [0.25, 0.3) is 0 Å². The van der Waals surface area contributed by atoms with Crippen LogP contribution < -0.4 is 10.2 Å². The maximum absolute atomic E-state index is 3.90. The van der Waals surface area contributed by atoms with Crippen LogP contribution in [0.3, 0.4) is 0 Å². The second-order valence-corrected chi connectivity index (χ2v) is 9.83. The molecule has 1 saturated carbocycles. The first kappa shape index (κ1) is 23.5. The van der Waals surface area contributed by atoms with Crippen molar-refractivity contribution < 1.29 is 0 Å². The molecule has 2 aliphatic heterocycles. The van der Waals surface area contributed by atoms with Crippen LogP contribution in [0, 0.1) is 17.3 Å². The standard InChI is InChI=1S/C15H23N.C13H20N2/c1-4-7-8-14(6-3)16-11-15(12-16)9-13(5-2)10-15;1-11-7-9-15(10-8-11)13-5-3-12(14-2)4-6-13/h4,6-8,13H,3,5,9-12H2,1-2H3;3-6,11,14H,7-10H2,1-2H3/b7-4-,14-8+;. The lowest BCUT2D eigenvalue weighted by Gasteiger charge is -2.60. The summed E-state index contributed by atoms with van der Waals surface area (Å²) in [5.74, 6) is 1.91. The van der Waals surface area contributed by atoms with E-state index in [9.17, 15) is 0 Å². The summed E-state index contributed by atoms with van der Waals surface area (Å²) >= 11 is 0. The van der Waals surface area contributed by atoms with Crippen molar-refractivity contribution in [2.24, 2.45) is 17.3 Å². The van der Waals surface area contributed by atoms with Gasteiger partial charge in [0.2, 0.25) is 0 Å². The molecule has 3 heteroatoms. The minimum absolute atomic E-state index is 0.679. The van der Waals surface area contributed by atoms with Crippen molar-refractivity contribution >= 4 is 11.4 Å². The van der Waals surface area contributed by atoms with Crippen LogP contribution in [0.25, 0.3) is 0 Å². The molecule has 0 aromatic heterocycles. The lowest BCUT2D eigenvalue weighted by molar-refractivity contribution is -0.0760. The largest absolute Gasteiger partial charge is 0.388 e. The van der Waals surface area contributed by atoms with E-state index in [0.29, 0.717) is 5.41 Å². The Hall–Kier alpha value is -2.16. The number of rotatable bonds is 6. The Kier molecular flexibility index (Phi) is 8.28. The summed E-state index contributed by atoms with van der Waals surface area (Å²) in [5, 5.41) is 3.15. The molecule has 2 heterocycles.